The van der Waals surface area contributed by atoms with Crippen LogP contribution in [0.4, 0.5) is 0 Å². The molecule has 0 aliphatic carbocycles. The fraction of sp³-hybridized carbons (Fsp3) is 0.250. The molecule has 2 aromatic carbocycles. The molecule has 0 spiro atoms. The zero-order chi connectivity index (χ0) is 22.5. The number of para-hydroxylation sites is 1. The van der Waals surface area contributed by atoms with Crippen molar-refractivity contribution in [2.24, 2.45) is 0 Å². The van der Waals surface area contributed by atoms with Crippen molar-refractivity contribution >= 4 is 28.6 Å². The average molecular weight is 421 g/mol. The normalized spacial score (nSPS) is 10.6. The number of carbonyl (C=O) groups excluding carboxylic acids is 3. The Hall–Kier alpha value is -3.74. The van der Waals surface area contributed by atoms with Gasteiger partial charge >= 0.3 is 11.9 Å². The van der Waals surface area contributed by atoms with Gasteiger partial charge in [0.1, 0.15) is 12.4 Å². The Labute approximate surface area is 179 Å². The molecule has 0 aliphatic heterocycles. The number of fused-ring (bicyclic) bond motifs is 1. The van der Waals surface area contributed by atoms with E-state index in [4.69, 9.17) is 14.2 Å². The van der Waals surface area contributed by atoms with E-state index >= 15 is 0 Å². The van der Waals surface area contributed by atoms with Crippen LogP contribution < -0.4 is 4.74 Å². The van der Waals surface area contributed by atoms with Crippen molar-refractivity contribution in [1.29, 1.82) is 0 Å². The maximum absolute atomic E-state index is 12.5. The summed E-state index contributed by atoms with van der Waals surface area (Å²) in [7, 11) is 2.78. The Kier molecular flexibility index (Phi) is 6.65. The molecule has 1 aromatic heterocycles. The molecule has 1 heterocycles. The van der Waals surface area contributed by atoms with Crippen LogP contribution in [0.15, 0.2) is 42.5 Å². The third-order valence-electron chi connectivity index (χ3n) is 5.01. The Morgan fingerprint density at radius 3 is 2.45 bits per heavy atom. The molecular weight excluding hydrogens is 398 g/mol. The van der Waals surface area contributed by atoms with E-state index < -0.39 is 11.9 Å². The number of carbonyl (C=O) groups is 3. The molecular formula is C24H23NO6. The number of hydrogen-bond acceptors (Lipinski definition) is 7. The van der Waals surface area contributed by atoms with Gasteiger partial charge in [-0.05, 0) is 43.7 Å². The van der Waals surface area contributed by atoms with E-state index in [-0.39, 0.29) is 24.4 Å². The van der Waals surface area contributed by atoms with E-state index in [2.05, 4.69) is 4.98 Å². The Bertz CT molecular complexity index is 1170. The fourth-order valence-electron chi connectivity index (χ4n) is 3.41. The van der Waals surface area contributed by atoms with Crippen LogP contribution in [0.3, 0.4) is 0 Å². The van der Waals surface area contributed by atoms with Gasteiger partial charge in [0.2, 0.25) is 0 Å². The highest BCUT2D eigenvalue weighted by Crippen LogP contribution is 2.25. The topological polar surface area (TPSA) is 91.8 Å². The van der Waals surface area contributed by atoms with Gasteiger partial charge in [-0.3, -0.25) is 9.59 Å². The summed E-state index contributed by atoms with van der Waals surface area (Å²) < 4.78 is 15.6. The molecule has 7 nitrogen and oxygen atoms in total. The van der Waals surface area contributed by atoms with Gasteiger partial charge in [-0.15, -0.1) is 0 Å². The average Bonchev–Trinajstić information content (AvgIpc) is 2.77. The molecule has 0 saturated heterocycles. The van der Waals surface area contributed by atoms with Crippen molar-refractivity contribution in [1.82, 2.24) is 4.98 Å². The molecule has 160 valence electrons. The summed E-state index contributed by atoms with van der Waals surface area (Å²) >= 11 is 0. The lowest BCUT2D eigenvalue weighted by Gasteiger charge is -2.14. The number of nitrogens with zero attached hydrogens (tertiary/aromatic N) is 1. The lowest BCUT2D eigenvalue weighted by Crippen LogP contribution is -2.15. The summed E-state index contributed by atoms with van der Waals surface area (Å²) in [5, 5.41) is 0.823. The van der Waals surface area contributed by atoms with Crippen LogP contribution in [0.1, 0.15) is 44.5 Å². The molecule has 7 heteroatoms. The Morgan fingerprint density at radius 1 is 1.03 bits per heavy atom. The zero-order valence-corrected chi connectivity index (χ0v) is 17.9. The molecule has 0 amide bonds. The minimum atomic E-state index is -0.544. The number of benzene rings is 2. The lowest BCUT2D eigenvalue weighted by molar-refractivity contribution is -0.144. The van der Waals surface area contributed by atoms with Crippen LogP contribution in [0.2, 0.25) is 0 Å². The molecule has 0 bridgehead atoms. The van der Waals surface area contributed by atoms with Crippen LogP contribution in [0.5, 0.6) is 5.75 Å². The maximum atomic E-state index is 12.5. The van der Waals surface area contributed by atoms with Crippen molar-refractivity contribution in [2.45, 2.75) is 26.9 Å². The van der Waals surface area contributed by atoms with Gasteiger partial charge in [0.15, 0.2) is 5.78 Å². The summed E-state index contributed by atoms with van der Waals surface area (Å²) in [6.45, 7) is 3.06. The van der Waals surface area contributed by atoms with E-state index in [9.17, 15) is 14.4 Å². The van der Waals surface area contributed by atoms with E-state index in [0.717, 1.165) is 5.39 Å². The first kappa shape index (κ1) is 22.0. The summed E-state index contributed by atoms with van der Waals surface area (Å²) in [6.07, 6.45) is -0.0928. The van der Waals surface area contributed by atoms with Crippen molar-refractivity contribution < 1.29 is 28.6 Å². The second kappa shape index (κ2) is 9.38. The predicted octanol–water partition coefficient (Wildman–Crippen LogP) is 3.83. The van der Waals surface area contributed by atoms with Crippen molar-refractivity contribution in [3.8, 4) is 5.75 Å². The van der Waals surface area contributed by atoms with Gasteiger partial charge in [-0.25, -0.2) is 9.78 Å². The minimum absolute atomic E-state index is 0.0928. The summed E-state index contributed by atoms with van der Waals surface area (Å²) in [5.74, 6) is -0.715. The quantitative estimate of drug-likeness (QED) is 0.423. The van der Waals surface area contributed by atoms with Gasteiger partial charge in [-0.1, -0.05) is 18.2 Å². The number of aryl methyl sites for hydroxylation is 1. The van der Waals surface area contributed by atoms with Crippen LogP contribution >= 0.6 is 0 Å². The number of methoxy groups -OCH3 is 2. The number of hydrogen-bond donors (Lipinski definition) is 0. The number of rotatable bonds is 7. The summed E-state index contributed by atoms with van der Waals surface area (Å²) in [4.78, 5) is 41.1. The van der Waals surface area contributed by atoms with Crippen LogP contribution in [0.25, 0.3) is 10.9 Å². The second-order valence-electron chi connectivity index (χ2n) is 6.99. The largest absolute Gasteiger partial charge is 0.496 e. The Morgan fingerprint density at radius 2 is 1.77 bits per heavy atom. The fourth-order valence-corrected chi connectivity index (χ4v) is 3.41. The highest BCUT2D eigenvalue weighted by atomic mass is 16.5. The van der Waals surface area contributed by atoms with Gasteiger partial charge in [0, 0.05) is 16.5 Å². The highest BCUT2D eigenvalue weighted by Gasteiger charge is 2.21. The van der Waals surface area contributed by atoms with Crippen molar-refractivity contribution in [3.63, 3.8) is 0 Å². The number of ether oxygens (including phenoxy) is 3. The van der Waals surface area contributed by atoms with Crippen LogP contribution in [0, 0.1) is 6.92 Å². The SMILES string of the molecule is COC(=O)c1c(COC(=O)Cc2cc(C(C)=O)ccc2OC)nc2ccccc2c1C. The standard InChI is InChI=1S/C24H23NO6/c1-14-18-7-5-6-8-19(18)25-20(23(14)24(28)30-4)13-31-22(27)12-17-11-16(15(2)26)9-10-21(17)29-3/h5-11H,12-13H2,1-4H3. The second-order valence-corrected chi connectivity index (χ2v) is 6.99. The number of pyridine rings is 1. The van der Waals surface area contributed by atoms with Crippen molar-refractivity contribution in [2.75, 3.05) is 14.2 Å². The van der Waals surface area contributed by atoms with E-state index in [1.807, 2.05) is 24.3 Å². The molecule has 3 aromatic rings. The first-order valence-corrected chi connectivity index (χ1v) is 9.65. The van der Waals surface area contributed by atoms with E-state index in [1.54, 1.807) is 25.1 Å². The number of ketones is 1. The lowest BCUT2D eigenvalue weighted by atomic mass is 10.0. The van der Waals surface area contributed by atoms with Gasteiger partial charge in [0.05, 0.1) is 37.4 Å². The molecule has 31 heavy (non-hydrogen) atoms. The molecule has 0 N–H and O–H groups in total. The summed E-state index contributed by atoms with van der Waals surface area (Å²) in [6, 6.07) is 12.3. The highest BCUT2D eigenvalue weighted by molar-refractivity contribution is 5.98. The molecule has 0 atom stereocenters. The van der Waals surface area contributed by atoms with Gasteiger partial charge in [-0.2, -0.15) is 0 Å². The molecule has 0 aliphatic rings. The summed E-state index contributed by atoms with van der Waals surface area (Å²) in [5.41, 5.74) is 3.01. The van der Waals surface area contributed by atoms with Gasteiger partial charge in [0.25, 0.3) is 0 Å². The maximum Gasteiger partial charge on any atom is 0.340 e. The Balaban J connectivity index is 1.86. The molecule has 0 fully saturated rings. The minimum Gasteiger partial charge on any atom is -0.496 e. The van der Waals surface area contributed by atoms with Crippen LogP contribution in [-0.2, 0) is 27.3 Å². The zero-order valence-electron chi connectivity index (χ0n) is 17.9. The monoisotopic (exact) mass is 421 g/mol. The third kappa shape index (κ3) is 4.71. The third-order valence-corrected chi connectivity index (χ3v) is 5.01. The first-order valence-electron chi connectivity index (χ1n) is 9.65. The number of Topliss-reactive ketones (excluding diaryl/α,β-unsaturated/α-hetero) is 1. The van der Waals surface area contributed by atoms with E-state index in [0.29, 0.717) is 33.7 Å². The number of aromatic nitrogens is 1. The molecule has 0 unspecified atom stereocenters. The number of esters is 2. The molecule has 0 saturated carbocycles. The van der Waals surface area contributed by atoms with Crippen molar-refractivity contribution in [3.05, 3.63) is 70.4 Å². The van der Waals surface area contributed by atoms with Gasteiger partial charge < -0.3 is 14.2 Å². The van der Waals surface area contributed by atoms with Crippen LogP contribution in [-0.4, -0.2) is 36.9 Å². The molecule has 0 radical (unpaired) electrons. The van der Waals surface area contributed by atoms with E-state index in [1.165, 1.54) is 21.1 Å². The molecule has 3 rings (SSSR count). The smallest absolute Gasteiger partial charge is 0.340 e. The predicted molar refractivity (Wildman–Crippen MR) is 114 cm³/mol. The first-order chi connectivity index (χ1) is 14.8.